The number of ether oxygens (including phenoxy) is 1. The van der Waals surface area contributed by atoms with Gasteiger partial charge in [-0.2, -0.15) is 0 Å². The summed E-state index contributed by atoms with van der Waals surface area (Å²) in [4.78, 5) is 12.3. The third-order valence-corrected chi connectivity index (χ3v) is 4.21. The molecule has 134 valence electrons. The number of nitrogens with two attached hydrogens (primary N) is 1. The fourth-order valence-electron chi connectivity index (χ4n) is 2.74. The minimum Gasteiger partial charge on any atom is -0.410 e. The van der Waals surface area contributed by atoms with E-state index in [4.69, 9.17) is 10.5 Å². The lowest BCUT2D eigenvalue weighted by Gasteiger charge is -2.19. The topological polar surface area (TPSA) is 64.3 Å². The Hall–Kier alpha value is -2.33. The van der Waals surface area contributed by atoms with Crippen LogP contribution < -0.4 is 15.8 Å². The van der Waals surface area contributed by atoms with Crippen LogP contribution >= 0.6 is 0 Å². The second-order valence-electron chi connectivity index (χ2n) is 6.86. The Morgan fingerprint density at radius 2 is 1.52 bits per heavy atom. The van der Waals surface area contributed by atoms with Crippen LogP contribution in [-0.4, -0.2) is 12.6 Å². The number of carbonyl (C=O) groups is 1. The van der Waals surface area contributed by atoms with Crippen LogP contribution in [0, 0.1) is 0 Å². The van der Waals surface area contributed by atoms with Gasteiger partial charge in [-0.25, -0.2) is 4.79 Å². The third-order valence-electron chi connectivity index (χ3n) is 4.21. The molecule has 0 aromatic heterocycles. The predicted molar refractivity (Wildman–Crippen MR) is 102 cm³/mol. The highest BCUT2D eigenvalue weighted by atomic mass is 16.6. The van der Waals surface area contributed by atoms with Crippen LogP contribution in [0.2, 0.25) is 0 Å². The maximum absolute atomic E-state index is 12.3. The zero-order valence-electron chi connectivity index (χ0n) is 15.5. The van der Waals surface area contributed by atoms with Crippen molar-refractivity contribution in [3.63, 3.8) is 0 Å². The molecule has 2 rings (SSSR count). The zero-order valence-corrected chi connectivity index (χ0v) is 15.5. The molecule has 0 aliphatic heterocycles. The summed E-state index contributed by atoms with van der Waals surface area (Å²) in [7, 11) is 0. The second-order valence-corrected chi connectivity index (χ2v) is 6.86. The average molecular weight is 340 g/mol. The van der Waals surface area contributed by atoms with Crippen molar-refractivity contribution in [3.05, 3.63) is 65.2 Å². The molecule has 0 unspecified atom stereocenters. The highest BCUT2D eigenvalue weighted by molar-refractivity contribution is 5.71. The molecule has 1 atom stereocenters. The van der Waals surface area contributed by atoms with Crippen LogP contribution in [-0.2, 0) is 0 Å². The number of amides is 1. The Kier molecular flexibility index (Phi) is 6.59. The monoisotopic (exact) mass is 340 g/mol. The summed E-state index contributed by atoms with van der Waals surface area (Å²) in [5.41, 5.74) is 9.17. The van der Waals surface area contributed by atoms with E-state index in [9.17, 15) is 4.79 Å². The number of rotatable bonds is 6. The maximum atomic E-state index is 12.3. The van der Waals surface area contributed by atoms with Gasteiger partial charge in [-0.3, -0.25) is 0 Å². The molecule has 0 saturated heterocycles. The van der Waals surface area contributed by atoms with E-state index >= 15 is 0 Å². The van der Waals surface area contributed by atoms with Crippen molar-refractivity contribution in [3.8, 4) is 5.75 Å². The lowest BCUT2D eigenvalue weighted by molar-refractivity contribution is 0.198. The number of nitrogens with one attached hydrogen (secondary N) is 1. The number of hydrogen-bond acceptors (Lipinski definition) is 3. The SMILES string of the molecule is CC(C)c1cccc(C(C)C)c1OC(=O)NC[C@H](N)c1ccccc1. The molecule has 2 aromatic rings. The van der Waals surface area contributed by atoms with Crippen molar-refractivity contribution >= 4 is 6.09 Å². The number of hydrogen-bond donors (Lipinski definition) is 2. The van der Waals surface area contributed by atoms with Gasteiger partial charge in [0.05, 0.1) is 0 Å². The molecule has 2 aromatic carbocycles. The minimum atomic E-state index is -0.471. The van der Waals surface area contributed by atoms with Gasteiger partial charge in [0.25, 0.3) is 0 Å². The Bertz CT molecular complexity index is 670. The number of carbonyl (C=O) groups excluding carboxylic acids is 1. The molecular weight excluding hydrogens is 312 g/mol. The molecule has 4 heteroatoms. The van der Waals surface area contributed by atoms with Gasteiger partial charge in [0, 0.05) is 12.6 Å². The van der Waals surface area contributed by atoms with E-state index in [-0.39, 0.29) is 17.9 Å². The quantitative estimate of drug-likeness (QED) is 0.799. The summed E-state index contributed by atoms with van der Waals surface area (Å²) in [6.07, 6.45) is -0.471. The van der Waals surface area contributed by atoms with Crippen LogP contribution in [0.15, 0.2) is 48.5 Å². The van der Waals surface area contributed by atoms with Crippen molar-refractivity contribution < 1.29 is 9.53 Å². The van der Waals surface area contributed by atoms with E-state index in [0.717, 1.165) is 16.7 Å². The molecule has 4 nitrogen and oxygen atoms in total. The van der Waals surface area contributed by atoms with Gasteiger partial charge < -0.3 is 15.8 Å². The fraction of sp³-hybridized carbons (Fsp3) is 0.381. The molecule has 0 aliphatic carbocycles. The van der Waals surface area contributed by atoms with Gasteiger partial charge in [0.15, 0.2) is 0 Å². The predicted octanol–water partition coefficient (Wildman–Crippen LogP) is 4.72. The summed E-state index contributed by atoms with van der Waals surface area (Å²) >= 11 is 0. The van der Waals surface area contributed by atoms with Gasteiger partial charge in [-0.1, -0.05) is 76.2 Å². The van der Waals surface area contributed by atoms with Crippen molar-refractivity contribution in [1.82, 2.24) is 5.32 Å². The fourth-order valence-corrected chi connectivity index (χ4v) is 2.74. The first-order valence-corrected chi connectivity index (χ1v) is 8.79. The van der Waals surface area contributed by atoms with E-state index < -0.39 is 6.09 Å². The first-order chi connectivity index (χ1) is 11.9. The molecule has 0 heterocycles. The van der Waals surface area contributed by atoms with Crippen LogP contribution in [0.5, 0.6) is 5.75 Å². The summed E-state index contributed by atoms with van der Waals surface area (Å²) < 4.78 is 5.68. The highest BCUT2D eigenvalue weighted by Crippen LogP contribution is 2.34. The van der Waals surface area contributed by atoms with Crippen LogP contribution in [0.3, 0.4) is 0 Å². The molecule has 0 saturated carbocycles. The van der Waals surface area contributed by atoms with E-state index in [1.54, 1.807) is 0 Å². The number of para-hydroxylation sites is 1. The first kappa shape index (κ1) is 19.0. The smallest absolute Gasteiger partial charge is 0.410 e. The molecule has 0 radical (unpaired) electrons. The molecular formula is C21H28N2O2. The summed E-state index contributed by atoms with van der Waals surface area (Å²) in [5.74, 6) is 1.21. The van der Waals surface area contributed by atoms with Gasteiger partial charge in [0.1, 0.15) is 5.75 Å². The van der Waals surface area contributed by atoms with Crippen molar-refractivity contribution in [2.75, 3.05) is 6.54 Å². The maximum Gasteiger partial charge on any atom is 0.412 e. The summed E-state index contributed by atoms with van der Waals surface area (Å²) in [6, 6.07) is 15.5. The van der Waals surface area contributed by atoms with E-state index in [1.807, 2.05) is 48.5 Å². The Labute approximate surface area is 150 Å². The standard InChI is InChI=1S/C21H28N2O2/c1-14(2)17-11-8-12-18(15(3)4)20(17)25-21(24)23-13-19(22)16-9-6-5-7-10-16/h5-12,14-15,19H,13,22H2,1-4H3,(H,23,24)/t19-/m0/s1. The van der Waals surface area contributed by atoms with Crippen molar-refractivity contribution in [1.29, 1.82) is 0 Å². The molecule has 3 N–H and O–H groups in total. The van der Waals surface area contributed by atoms with Gasteiger partial charge in [0.2, 0.25) is 0 Å². The molecule has 25 heavy (non-hydrogen) atoms. The van der Waals surface area contributed by atoms with E-state index in [2.05, 4.69) is 33.0 Å². The molecule has 0 bridgehead atoms. The zero-order chi connectivity index (χ0) is 18.4. The van der Waals surface area contributed by atoms with Crippen molar-refractivity contribution in [2.45, 2.75) is 45.6 Å². The van der Waals surface area contributed by atoms with Gasteiger partial charge in [-0.15, -0.1) is 0 Å². The largest absolute Gasteiger partial charge is 0.412 e. The van der Waals surface area contributed by atoms with Crippen LogP contribution in [0.25, 0.3) is 0 Å². The third kappa shape index (κ3) is 5.07. The Balaban J connectivity index is 2.07. The number of benzene rings is 2. The average Bonchev–Trinajstić information content (AvgIpc) is 2.60. The van der Waals surface area contributed by atoms with E-state index in [0.29, 0.717) is 12.3 Å². The van der Waals surface area contributed by atoms with Gasteiger partial charge in [-0.05, 0) is 28.5 Å². The lowest BCUT2D eigenvalue weighted by atomic mass is 9.94. The molecule has 0 spiro atoms. The van der Waals surface area contributed by atoms with Gasteiger partial charge >= 0.3 is 6.09 Å². The molecule has 0 fully saturated rings. The second kappa shape index (κ2) is 8.67. The van der Waals surface area contributed by atoms with Crippen LogP contribution in [0.4, 0.5) is 4.79 Å². The van der Waals surface area contributed by atoms with E-state index in [1.165, 1.54) is 0 Å². The Morgan fingerprint density at radius 1 is 0.960 bits per heavy atom. The summed E-state index contributed by atoms with van der Waals surface area (Å²) in [5, 5.41) is 2.78. The Morgan fingerprint density at radius 3 is 2.04 bits per heavy atom. The molecule has 1 amide bonds. The normalized spacial score (nSPS) is 12.3. The lowest BCUT2D eigenvalue weighted by Crippen LogP contribution is -2.34. The van der Waals surface area contributed by atoms with Crippen molar-refractivity contribution in [2.24, 2.45) is 5.73 Å². The van der Waals surface area contributed by atoms with Crippen LogP contribution in [0.1, 0.15) is 62.3 Å². The molecule has 0 aliphatic rings. The highest BCUT2D eigenvalue weighted by Gasteiger charge is 2.18. The minimum absolute atomic E-state index is 0.265. The summed E-state index contributed by atoms with van der Waals surface area (Å²) in [6.45, 7) is 8.69. The first-order valence-electron chi connectivity index (χ1n) is 8.79.